The van der Waals surface area contributed by atoms with Gasteiger partial charge in [0, 0.05) is 50.6 Å². The van der Waals surface area contributed by atoms with Gasteiger partial charge in [0.2, 0.25) is 0 Å². The lowest BCUT2D eigenvalue weighted by atomic mass is 10.1. The molecular formula is C15H17N5O2. The summed E-state index contributed by atoms with van der Waals surface area (Å²) in [6, 6.07) is 3.32. The van der Waals surface area contributed by atoms with Crippen LogP contribution in [0, 0.1) is 0 Å². The summed E-state index contributed by atoms with van der Waals surface area (Å²) in [6.07, 6.45) is 8.53. The van der Waals surface area contributed by atoms with Gasteiger partial charge in [-0.05, 0) is 6.07 Å². The number of amides is 1. The summed E-state index contributed by atoms with van der Waals surface area (Å²) in [5, 5.41) is 0. The Kier molecular flexibility index (Phi) is 4.13. The molecule has 1 saturated heterocycles. The summed E-state index contributed by atoms with van der Waals surface area (Å²) in [5.74, 6) is 0.963. The molecule has 0 atom stereocenters. The Hall–Kier alpha value is -2.70. The van der Waals surface area contributed by atoms with Gasteiger partial charge in [0.05, 0.1) is 6.20 Å². The Morgan fingerprint density at radius 3 is 2.73 bits per heavy atom. The largest absolute Gasteiger partial charge is 0.490 e. The van der Waals surface area contributed by atoms with Crippen molar-refractivity contribution in [3.63, 3.8) is 0 Å². The van der Waals surface area contributed by atoms with Crippen LogP contribution < -0.4 is 15.4 Å². The molecule has 7 nitrogen and oxygen atoms in total. The summed E-state index contributed by atoms with van der Waals surface area (Å²) >= 11 is 0. The first-order valence-electron chi connectivity index (χ1n) is 7.16. The molecule has 2 N–H and O–H groups in total. The highest BCUT2D eigenvalue weighted by Gasteiger charge is 2.21. The van der Waals surface area contributed by atoms with Gasteiger partial charge in [-0.3, -0.25) is 14.8 Å². The van der Waals surface area contributed by atoms with Gasteiger partial charge < -0.3 is 15.4 Å². The second kappa shape index (κ2) is 6.38. The maximum Gasteiger partial charge on any atom is 0.267 e. The van der Waals surface area contributed by atoms with Crippen molar-refractivity contribution in [1.82, 2.24) is 15.0 Å². The van der Waals surface area contributed by atoms with Gasteiger partial charge in [0.1, 0.15) is 23.4 Å². The van der Waals surface area contributed by atoms with Crippen LogP contribution in [-0.2, 0) is 0 Å². The van der Waals surface area contributed by atoms with Gasteiger partial charge in [0.15, 0.2) is 0 Å². The molecule has 2 aromatic heterocycles. The fourth-order valence-corrected chi connectivity index (χ4v) is 2.47. The molecule has 0 aromatic carbocycles. The number of pyridine rings is 1. The normalized spacial score (nSPS) is 15.5. The van der Waals surface area contributed by atoms with Crippen LogP contribution in [0.25, 0.3) is 0 Å². The number of primary amides is 1. The fraction of sp³-hybridized carbons (Fsp3) is 0.333. The second-order valence-electron chi connectivity index (χ2n) is 5.11. The molecule has 114 valence electrons. The monoisotopic (exact) mass is 299 g/mol. The molecule has 1 amide bonds. The van der Waals surface area contributed by atoms with E-state index in [1.165, 1.54) is 6.20 Å². The van der Waals surface area contributed by atoms with Crippen LogP contribution in [0.3, 0.4) is 0 Å². The van der Waals surface area contributed by atoms with Crippen molar-refractivity contribution in [3.05, 3.63) is 42.6 Å². The molecule has 0 unspecified atom stereocenters. The van der Waals surface area contributed by atoms with Crippen molar-refractivity contribution >= 4 is 11.7 Å². The standard InChI is InChI=1S/C15H17N5O2/c16-15(21)13-9-12(1-4-18-13)22-11-2-7-20(8-3-11)14-10-17-5-6-19-14/h1,4-6,9-11H,2-3,7-8H2,(H2,16,21). The number of rotatable bonds is 4. The third-order valence-electron chi connectivity index (χ3n) is 3.60. The zero-order chi connectivity index (χ0) is 15.4. The van der Waals surface area contributed by atoms with Crippen molar-refractivity contribution in [2.75, 3.05) is 18.0 Å². The highest BCUT2D eigenvalue weighted by molar-refractivity contribution is 5.91. The van der Waals surface area contributed by atoms with Gasteiger partial charge in [0.25, 0.3) is 5.91 Å². The number of carbonyl (C=O) groups excluding carboxylic acids is 1. The summed E-state index contributed by atoms with van der Waals surface area (Å²) in [7, 11) is 0. The number of hydrogen-bond acceptors (Lipinski definition) is 6. The Bertz CT molecular complexity index is 641. The van der Waals surface area contributed by atoms with E-state index in [1.807, 2.05) is 0 Å². The highest BCUT2D eigenvalue weighted by Crippen LogP contribution is 2.21. The Morgan fingerprint density at radius 1 is 1.23 bits per heavy atom. The van der Waals surface area contributed by atoms with Crippen LogP contribution in [0.1, 0.15) is 23.3 Å². The second-order valence-corrected chi connectivity index (χ2v) is 5.11. The van der Waals surface area contributed by atoms with Crippen LogP contribution in [-0.4, -0.2) is 40.1 Å². The number of ether oxygens (including phenoxy) is 1. The number of aromatic nitrogens is 3. The molecule has 0 radical (unpaired) electrons. The van der Waals surface area contributed by atoms with E-state index in [9.17, 15) is 4.79 Å². The molecule has 1 aliphatic heterocycles. The molecule has 0 spiro atoms. The first-order chi connectivity index (χ1) is 10.7. The smallest absolute Gasteiger partial charge is 0.267 e. The molecule has 0 saturated carbocycles. The van der Waals surface area contributed by atoms with Crippen LogP contribution in [0.4, 0.5) is 5.82 Å². The Labute approximate surface area is 128 Å². The van der Waals surface area contributed by atoms with Crippen molar-refractivity contribution in [3.8, 4) is 5.75 Å². The van der Waals surface area contributed by atoms with E-state index >= 15 is 0 Å². The lowest BCUT2D eigenvalue weighted by Crippen LogP contribution is -2.38. The molecule has 22 heavy (non-hydrogen) atoms. The molecule has 1 aliphatic rings. The molecular weight excluding hydrogens is 282 g/mol. The molecule has 0 aliphatic carbocycles. The summed E-state index contributed by atoms with van der Waals surface area (Å²) < 4.78 is 5.92. The van der Waals surface area contributed by atoms with E-state index in [-0.39, 0.29) is 11.8 Å². The minimum Gasteiger partial charge on any atom is -0.490 e. The van der Waals surface area contributed by atoms with E-state index in [4.69, 9.17) is 10.5 Å². The molecule has 3 rings (SSSR count). The Morgan fingerprint density at radius 2 is 2.05 bits per heavy atom. The van der Waals surface area contributed by atoms with Crippen molar-refractivity contribution in [2.24, 2.45) is 5.73 Å². The number of hydrogen-bond donors (Lipinski definition) is 1. The summed E-state index contributed by atoms with van der Waals surface area (Å²) in [6.45, 7) is 1.72. The minimum absolute atomic E-state index is 0.107. The first-order valence-corrected chi connectivity index (χ1v) is 7.16. The van der Waals surface area contributed by atoms with Gasteiger partial charge in [-0.15, -0.1) is 0 Å². The zero-order valence-electron chi connectivity index (χ0n) is 12.1. The quantitative estimate of drug-likeness (QED) is 0.905. The van der Waals surface area contributed by atoms with Gasteiger partial charge in [-0.25, -0.2) is 4.98 Å². The van der Waals surface area contributed by atoms with E-state index in [0.717, 1.165) is 31.7 Å². The van der Waals surface area contributed by atoms with Crippen LogP contribution in [0.2, 0.25) is 0 Å². The molecule has 3 heterocycles. The van der Waals surface area contributed by atoms with E-state index in [0.29, 0.717) is 5.75 Å². The maximum absolute atomic E-state index is 11.1. The van der Waals surface area contributed by atoms with Crippen LogP contribution >= 0.6 is 0 Å². The third-order valence-corrected chi connectivity index (χ3v) is 3.60. The number of carbonyl (C=O) groups is 1. The van der Waals surface area contributed by atoms with Gasteiger partial charge in [-0.1, -0.05) is 0 Å². The molecule has 0 bridgehead atoms. The highest BCUT2D eigenvalue weighted by atomic mass is 16.5. The Balaban J connectivity index is 1.58. The van der Waals surface area contributed by atoms with Crippen molar-refractivity contribution in [2.45, 2.75) is 18.9 Å². The lowest BCUT2D eigenvalue weighted by molar-refractivity contribution is 0.0994. The van der Waals surface area contributed by atoms with E-state index in [2.05, 4.69) is 19.9 Å². The minimum atomic E-state index is -0.553. The predicted molar refractivity (Wildman–Crippen MR) is 80.6 cm³/mol. The average molecular weight is 299 g/mol. The zero-order valence-corrected chi connectivity index (χ0v) is 12.1. The summed E-state index contributed by atoms with van der Waals surface area (Å²) in [4.78, 5) is 25.6. The number of nitrogens with two attached hydrogens (primary N) is 1. The van der Waals surface area contributed by atoms with Crippen molar-refractivity contribution in [1.29, 1.82) is 0 Å². The molecule has 7 heteroatoms. The van der Waals surface area contributed by atoms with Crippen LogP contribution in [0.5, 0.6) is 5.75 Å². The van der Waals surface area contributed by atoms with E-state index < -0.39 is 5.91 Å². The topological polar surface area (TPSA) is 94.2 Å². The van der Waals surface area contributed by atoms with Crippen molar-refractivity contribution < 1.29 is 9.53 Å². The third kappa shape index (κ3) is 3.30. The maximum atomic E-state index is 11.1. The number of piperidine rings is 1. The first kappa shape index (κ1) is 14.2. The molecule has 2 aromatic rings. The van der Waals surface area contributed by atoms with Gasteiger partial charge >= 0.3 is 0 Å². The summed E-state index contributed by atoms with van der Waals surface area (Å²) in [5.41, 5.74) is 5.44. The number of anilines is 1. The lowest BCUT2D eigenvalue weighted by Gasteiger charge is -2.32. The predicted octanol–water partition coefficient (Wildman–Crippen LogP) is 1.02. The van der Waals surface area contributed by atoms with Crippen LogP contribution in [0.15, 0.2) is 36.9 Å². The average Bonchev–Trinajstić information content (AvgIpc) is 2.56. The SMILES string of the molecule is NC(=O)c1cc(OC2CCN(c3cnccn3)CC2)ccn1. The molecule has 1 fully saturated rings. The van der Waals surface area contributed by atoms with E-state index in [1.54, 1.807) is 30.7 Å². The number of nitrogens with zero attached hydrogens (tertiary/aromatic N) is 4. The van der Waals surface area contributed by atoms with Gasteiger partial charge in [-0.2, -0.15) is 0 Å². The fourth-order valence-electron chi connectivity index (χ4n) is 2.47.